The molecule has 1 N–H and O–H groups in total. The molecule has 1 aromatic heterocycles. The molecular formula is C20H24N4O2S2. The zero-order valence-electron chi connectivity index (χ0n) is 16.1. The van der Waals surface area contributed by atoms with Gasteiger partial charge in [-0.1, -0.05) is 23.9 Å². The zero-order chi connectivity index (χ0) is 19.9. The fourth-order valence-electron chi connectivity index (χ4n) is 3.06. The Bertz CT molecular complexity index is 870. The molecule has 1 amide bonds. The second-order valence-corrected chi connectivity index (χ2v) is 8.55. The van der Waals surface area contributed by atoms with Crippen molar-refractivity contribution in [1.82, 2.24) is 9.55 Å². The summed E-state index contributed by atoms with van der Waals surface area (Å²) in [4.78, 5) is 18.0. The third-order valence-corrected chi connectivity index (χ3v) is 6.54. The largest absolute Gasteiger partial charge is 0.376 e. The lowest BCUT2D eigenvalue weighted by Gasteiger charge is -2.15. The number of ether oxygens (including phenoxy) is 1. The SMILES string of the molecule is Cc1nc(SCC(=O)Nc2ccccc2SCC#N)n(CC2CCCO2)c1C. The van der Waals surface area contributed by atoms with Crippen molar-refractivity contribution in [2.24, 2.45) is 0 Å². The molecule has 6 nitrogen and oxygen atoms in total. The van der Waals surface area contributed by atoms with E-state index in [2.05, 4.69) is 27.9 Å². The number of nitrogens with one attached hydrogen (secondary N) is 1. The van der Waals surface area contributed by atoms with Gasteiger partial charge in [0.2, 0.25) is 5.91 Å². The number of anilines is 1. The van der Waals surface area contributed by atoms with Crippen molar-refractivity contribution in [3.05, 3.63) is 35.7 Å². The van der Waals surface area contributed by atoms with E-state index >= 15 is 0 Å². The lowest BCUT2D eigenvalue weighted by atomic mass is 10.2. The van der Waals surface area contributed by atoms with E-state index in [0.717, 1.165) is 53.1 Å². The third kappa shape index (κ3) is 5.31. The number of hydrogen-bond donors (Lipinski definition) is 1. The topological polar surface area (TPSA) is 79.9 Å². The number of nitriles is 1. The highest BCUT2D eigenvalue weighted by atomic mass is 32.2. The van der Waals surface area contributed by atoms with Gasteiger partial charge in [0.1, 0.15) is 0 Å². The minimum atomic E-state index is -0.0861. The predicted molar refractivity (Wildman–Crippen MR) is 113 cm³/mol. The molecule has 0 aliphatic carbocycles. The lowest BCUT2D eigenvalue weighted by Crippen LogP contribution is -2.18. The van der Waals surface area contributed by atoms with Crippen molar-refractivity contribution in [3.63, 3.8) is 0 Å². The molecule has 1 aromatic carbocycles. The van der Waals surface area contributed by atoms with Gasteiger partial charge in [-0.05, 0) is 38.8 Å². The van der Waals surface area contributed by atoms with Crippen molar-refractivity contribution >= 4 is 35.1 Å². The maximum atomic E-state index is 12.5. The highest BCUT2D eigenvalue weighted by molar-refractivity contribution is 8.00. The van der Waals surface area contributed by atoms with Crippen molar-refractivity contribution in [2.45, 2.75) is 49.4 Å². The van der Waals surface area contributed by atoms with Crippen LogP contribution < -0.4 is 5.32 Å². The van der Waals surface area contributed by atoms with Gasteiger partial charge in [-0.15, -0.1) is 11.8 Å². The minimum Gasteiger partial charge on any atom is -0.376 e. The summed E-state index contributed by atoms with van der Waals surface area (Å²) >= 11 is 2.86. The molecule has 1 atom stereocenters. The number of nitrogens with zero attached hydrogens (tertiary/aromatic N) is 3. The average molecular weight is 417 g/mol. The van der Waals surface area contributed by atoms with E-state index in [1.165, 1.54) is 23.5 Å². The molecule has 1 saturated heterocycles. The first kappa shape index (κ1) is 20.8. The van der Waals surface area contributed by atoms with E-state index in [4.69, 9.17) is 10.00 Å². The number of para-hydroxylation sites is 1. The fraction of sp³-hybridized carbons (Fsp3) is 0.450. The van der Waals surface area contributed by atoms with Crippen LogP contribution >= 0.6 is 23.5 Å². The second kappa shape index (κ2) is 10.0. The number of amides is 1. The number of carbonyl (C=O) groups is 1. The second-order valence-electron chi connectivity index (χ2n) is 6.59. The number of thioether (sulfide) groups is 2. The molecule has 1 aliphatic rings. The molecular weight excluding hydrogens is 392 g/mol. The van der Waals surface area contributed by atoms with Crippen LogP contribution in [0.3, 0.4) is 0 Å². The van der Waals surface area contributed by atoms with Crippen LogP contribution in [0.15, 0.2) is 34.3 Å². The summed E-state index contributed by atoms with van der Waals surface area (Å²) in [7, 11) is 0. The van der Waals surface area contributed by atoms with E-state index in [0.29, 0.717) is 5.75 Å². The maximum Gasteiger partial charge on any atom is 0.234 e. The summed E-state index contributed by atoms with van der Waals surface area (Å²) in [6.45, 7) is 5.66. The van der Waals surface area contributed by atoms with E-state index in [1.54, 1.807) is 0 Å². The Hall–Kier alpha value is -1.95. The van der Waals surface area contributed by atoms with Gasteiger partial charge in [0.15, 0.2) is 5.16 Å². The Morgan fingerprint density at radius 1 is 1.39 bits per heavy atom. The van der Waals surface area contributed by atoms with Crippen LogP contribution in [0.2, 0.25) is 0 Å². The first-order chi connectivity index (χ1) is 13.6. The highest BCUT2D eigenvalue weighted by Gasteiger charge is 2.21. The molecule has 2 aromatic rings. The average Bonchev–Trinajstić information content (AvgIpc) is 3.30. The molecule has 0 radical (unpaired) electrons. The predicted octanol–water partition coefficient (Wildman–Crippen LogP) is 4.03. The fourth-order valence-corrected chi connectivity index (χ4v) is 4.63. The summed E-state index contributed by atoms with van der Waals surface area (Å²) in [6.07, 6.45) is 2.40. The highest BCUT2D eigenvalue weighted by Crippen LogP contribution is 2.28. The Labute approximate surface area is 174 Å². The molecule has 2 heterocycles. The molecule has 8 heteroatoms. The van der Waals surface area contributed by atoms with Gasteiger partial charge in [0.25, 0.3) is 0 Å². The van der Waals surface area contributed by atoms with Crippen molar-refractivity contribution in [3.8, 4) is 6.07 Å². The van der Waals surface area contributed by atoms with E-state index < -0.39 is 0 Å². The summed E-state index contributed by atoms with van der Waals surface area (Å²) < 4.78 is 7.93. The van der Waals surface area contributed by atoms with Crippen LogP contribution in [-0.4, -0.2) is 39.7 Å². The molecule has 0 bridgehead atoms. The molecule has 148 valence electrons. The Morgan fingerprint density at radius 3 is 2.96 bits per heavy atom. The van der Waals surface area contributed by atoms with Gasteiger partial charge in [0.05, 0.1) is 41.6 Å². The summed E-state index contributed by atoms with van der Waals surface area (Å²) in [5, 5.41) is 12.6. The van der Waals surface area contributed by atoms with E-state index in [9.17, 15) is 4.79 Å². The van der Waals surface area contributed by atoms with Gasteiger partial charge in [-0.25, -0.2) is 4.98 Å². The normalized spacial score (nSPS) is 16.1. The number of aromatic nitrogens is 2. The van der Waals surface area contributed by atoms with Gasteiger partial charge in [0, 0.05) is 17.2 Å². The molecule has 0 spiro atoms. The third-order valence-electron chi connectivity index (χ3n) is 4.62. The number of hydrogen-bond acceptors (Lipinski definition) is 6. The van der Waals surface area contributed by atoms with Gasteiger partial charge in [-0.3, -0.25) is 4.79 Å². The zero-order valence-corrected chi connectivity index (χ0v) is 17.7. The Balaban J connectivity index is 1.62. The van der Waals surface area contributed by atoms with Crippen LogP contribution in [0.4, 0.5) is 5.69 Å². The van der Waals surface area contributed by atoms with Gasteiger partial charge < -0.3 is 14.6 Å². The summed E-state index contributed by atoms with van der Waals surface area (Å²) in [5.74, 6) is 0.538. The van der Waals surface area contributed by atoms with Crippen molar-refractivity contribution < 1.29 is 9.53 Å². The molecule has 1 fully saturated rings. The molecule has 0 saturated carbocycles. The van der Waals surface area contributed by atoms with Crippen LogP contribution in [0.25, 0.3) is 0 Å². The smallest absolute Gasteiger partial charge is 0.234 e. The van der Waals surface area contributed by atoms with Gasteiger partial charge in [-0.2, -0.15) is 5.26 Å². The number of imidazole rings is 1. The van der Waals surface area contributed by atoms with Gasteiger partial charge >= 0.3 is 0 Å². The summed E-state index contributed by atoms with van der Waals surface area (Å²) in [5.41, 5.74) is 2.85. The first-order valence-electron chi connectivity index (χ1n) is 9.25. The van der Waals surface area contributed by atoms with Crippen LogP contribution in [-0.2, 0) is 16.1 Å². The van der Waals surface area contributed by atoms with Crippen molar-refractivity contribution in [1.29, 1.82) is 5.26 Å². The molecule has 3 rings (SSSR count). The van der Waals surface area contributed by atoms with Crippen LogP contribution in [0.1, 0.15) is 24.2 Å². The minimum absolute atomic E-state index is 0.0861. The van der Waals surface area contributed by atoms with Crippen LogP contribution in [0.5, 0.6) is 0 Å². The van der Waals surface area contributed by atoms with E-state index in [1.807, 2.05) is 31.2 Å². The Morgan fingerprint density at radius 2 is 2.21 bits per heavy atom. The van der Waals surface area contributed by atoms with Crippen molar-refractivity contribution in [2.75, 3.05) is 23.4 Å². The number of rotatable bonds is 8. The molecule has 1 unspecified atom stereocenters. The quantitative estimate of drug-likeness (QED) is 0.655. The number of aryl methyl sites for hydroxylation is 1. The monoisotopic (exact) mass is 416 g/mol. The summed E-state index contributed by atoms with van der Waals surface area (Å²) in [6, 6.07) is 9.65. The maximum absolute atomic E-state index is 12.5. The van der Waals surface area contributed by atoms with E-state index in [-0.39, 0.29) is 17.8 Å². The Kier molecular flexibility index (Phi) is 7.43. The first-order valence-corrected chi connectivity index (χ1v) is 11.2. The van der Waals surface area contributed by atoms with Crippen LogP contribution in [0, 0.1) is 25.2 Å². The lowest BCUT2D eigenvalue weighted by molar-refractivity contribution is -0.113. The standard InChI is InChI=1S/C20H24N4O2S2/c1-14-15(2)24(12-16-6-5-10-26-16)20(22-14)28-13-19(25)23-17-7-3-4-8-18(17)27-11-9-21/h3-4,7-8,16H,5-6,10-13H2,1-2H3,(H,23,25). The number of carbonyl (C=O) groups excluding carboxylic acids is 1. The number of benzene rings is 1. The molecule has 1 aliphatic heterocycles. The molecule has 28 heavy (non-hydrogen) atoms.